The molecule has 0 spiro atoms. The van der Waals surface area contributed by atoms with Crippen molar-refractivity contribution in [2.24, 2.45) is 0 Å². The topological polar surface area (TPSA) is 68.8 Å². The van der Waals surface area contributed by atoms with Gasteiger partial charge in [0.2, 0.25) is 5.89 Å². The minimum Gasteiger partial charge on any atom is -0.337 e. The average Bonchev–Trinajstić information content (AvgIpc) is 3.25. The Kier molecular flexibility index (Phi) is 4.56. The molecule has 0 aliphatic carbocycles. The summed E-state index contributed by atoms with van der Waals surface area (Å²) >= 11 is 0. The number of rotatable bonds is 3. The van der Waals surface area contributed by atoms with Crippen molar-refractivity contribution in [1.29, 1.82) is 0 Å². The Hall–Kier alpha value is -1.99. The predicted octanol–water partition coefficient (Wildman–Crippen LogP) is 3.17. The number of hydrogen-bond donors (Lipinski definition) is 1. The number of fused-ring (bicyclic) bond motifs is 1. The molecule has 6 nitrogen and oxygen atoms in total. The van der Waals surface area contributed by atoms with Crippen LogP contribution in [0.5, 0.6) is 0 Å². The lowest BCUT2D eigenvalue weighted by atomic mass is 10.1. The fourth-order valence-electron chi connectivity index (χ4n) is 3.06. The van der Waals surface area contributed by atoms with Crippen LogP contribution in [0.1, 0.15) is 43.7 Å². The molecule has 8 heteroatoms. The summed E-state index contributed by atoms with van der Waals surface area (Å²) in [7, 11) is 0. The van der Waals surface area contributed by atoms with Gasteiger partial charge in [-0.3, -0.25) is 0 Å². The molecule has 1 unspecified atom stereocenters. The maximum Gasteiger partial charge on any atom is 0.291 e. The maximum absolute atomic E-state index is 14.4. The van der Waals surface area contributed by atoms with Gasteiger partial charge in [0.1, 0.15) is 11.3 Å². The van der Waals surface area contributed by atoms with Gasteiger partial charge in [-0.1, -0.05) is 26.0 Å². The van der Waals surface area contributed by atoms with Crippen LogP contribution in [-0.4, -0.2) is 33.0 Å². The second-order valence-corrected chi connectivity index (χ2v) is 6.21. The number of halogens is 2. The van der Waals surface area contributed by atoms with Crippen molar-refractivity contribution in [3.8, 4) is 5.95 Å². The minimum absolute atomic E-state index is 0. The molecule has 1 aromatic carbocycles. The molecule has 2 aromatic heterocycles. The molecule has 1 aliphatic rings. The lowest BCUT2D eigenvalue weighted by molar-refractivity contribution is 0.356. The zero-order valence-electron chi connectivity index (χ0n) is 13.5. The Morgan fingerprint density at radius 3 is 2.92 bits per heavy atom. The number of nitrogens with one attached hydrogen (secondary N) is 1. The van der Waals surface area contributed by atoms with Gasteiger partial charge in [-0.25, -0.2) is 4.39 Å². The van der Waals surface area contributed by atoms with Crippen molar-refractivity contribution >= 4 is 23.3 Å². The normalized spacial score (nSPS) is 17.6. The summed E-state index contributed by atoms with van der Waals surface area (Å²) in [5.41, 5.74) is 1.22. The maximum atomic E-state index is 14.4. The van der Waals surface area contributed by atoms with Gasteiger partial charge < -0.3 is 9.84 Å². The first-order valence-electron chi connectivity index (χ1n) is 7.87. The van der Waals surface area contributed by atoms with Crippen molar-refractivity contribution in [2.75, 3.05) is 13.1 Å². The standard InChI is InChI=1S/C16H18FN5O.ClH/c1-9(2)13-11-4-3-5-12(17)14(11)22(20-13)16-19-15(23-21-16)10-6-7-18-8-10;/h3-5,9-10,18H,6-8H2,1-2H3;1H. The highest BCUT2D eigenvalue weighted by Crippen LogP contribution is 2.29. The molecule has 1 N–H and O–H groups in total. The van der Waals surface area contributed by atoms with Crippen LogP contribution in [0.4, 0.5) is 4.39 Å². The highest BCUT2D eigenvalue weighted by atomic mass is 35.5. The summed E-state index contributed by atoms with van der Waals surface area (Å²) in [4.78, 5) is 4.44. The molecule has 3 heterocycles. The van der Waals surface area contributed by atoms with E-state index in [-0.39, 0.29) is 36.0 Å². The molecule has 0 saturated carbocycles. The van der Waals surface area contributed by atoms with Crippen LogP contribution in [0.2, 0.25) is 0 Å². The molecule has 1 atom stereocenters. The molecule has 0 bridgehead atoms. The van der Waals surface area contributed by atoms with E-state index in [1.54, 1.807) is 6.07 Å². The summed E-state index contributed by atoms with van der Waals surface area (Å²) in [5, 5.41) is 12.6. The first-order valence-corrected chi connectivity index (χ1v) is 7.87. The number of aromatic nitrogens is 4. The van der Waals surface area contributed by atoms with Crippen LogP contribution in [0.3, 0.4) is 0 Å². The number of nitrogens with zero attached hydrogens (tertiary/aromatic N) is 4. The van der Waals surface area contributed by atoms with E-state index in [1.165, 1.54) is 10.7 Å². The molecular formula is C16H19ClFN5O. The molecule has 128 valence electrons. The third-order valence-electron chi connectivity index (χ3n) is 4.26. The van der Waals surface area contributed by atoms with Crippen molar-refractivity contribution in [3.63, 3.8) is 0 Å². The first kappa shape index (κ1) is 16.9. The van der Waals surface area contributed by atoms with E-state index in [1.807, 2.05) is 19.9 Å². The van der Waals surface area contributed by atoms with E-state index < -0.39 is 0 Å². The molecule has 4 rings (SSSR count). The van der Waals surface area contributed by atoms with E-state index in [0.29, 0.717) is 11.4 Å². The summed E-state index contributed by atoms with van der Waals surface area (Å²) < 4.78 is 21.2. The summed E-state index contributed by atoms with van der Waals surface area (Å²) in [6, 6.07) is 4.99. The number of hydrogen-bond acceptors (Lipinski definition) is 5. The van der Waals surface area contributed by atoms with E-state index in [2.05, 4.69) is 20.6 Å². The number of benzene rings is 1. The molecule has 24 heavy (non-hydrogen) atoms. The second-order valence-electron chi connectivity index (χ2n) is 6.21. The van der Waals surface area contributed by atoms with Crippen LogP contribution < -0.4 is 5.32 Å². The lowest BCUT2D eigenvalue weighted by Gasteiger charge is -1.99. The molecular weight excluding hydrogens is 333 g/mol. The Bertz CT molecular complexity index is 853. The van der Waals surface area contributed by atoms with Crippen molar-refractivity contribution in [2.45, 2.75) is 32.1 Å². The smallest absolute Gasteiger partial charge is 0.291 e. The SMILES string of the molecule is CC(C)c1nn(-c2noc(C3CCNC3)n2)c2c(F)cccc12.Cl. The van der Waals surface area contributed by atoms with Crippen LogP contribution in [-0.2, 0) is 0 Å². The van der Waals surface area contributed by atoms with Gasteiger partial charge in [0.05, 0.1) is 11.6 Å². The predicted molar refractivity (Wildman–Crippen MR) is 90.4 cm³/mol. The van der Waals surface area contributed by atoms with E-state index in [4.69, 9.17) is 4.52 Å². The summed E-state index contributed by atoms with van der Waals surface area (Å²) in [6.45, 7) is 5.83. The zero-order valence-corrected chi connectivity index (χ0v) is 14.3. The van der Waals surface area contributed by atoms with Gasteiger partial charge in [0, 0.05) is 11.9 Å². The van der Waals surface area contributed by atoms with Gasteiger partial charge in [-0.15, -0.1) is 12.4 Å². The van der Waals surface area contributed by atoms with Gasteiger partial charge >= 0.3 is 0 Å². The number of para-hydroxylation sites is 1. The third-order valence-corrected chi connectivity index (χ3v) is 4.26. The minimum atomic E-state index is -0.337. The average molecular weight is 352 g/mol. The van der Waals surface area contributed by atoms with Gasteiger partial charge in [-0.2, -0.15) is 14.8 Å². The fourth-order valence-corrected chi connectivity index (χ4v) is 3.06. The molecule has 1 fully saturated rings. The Morgan fingerprint density at radius 2 is 2.21 bits per heavy atom. The zero-order chi connectivity index (χ0) is 16.0. The highest BCUT2D eigenvalue weighted by molar-refractivity contribution is 5.85. The molecule has 0 radical (unpaired) electrons. The summed E-state index contributed by atoms with van der Waals surface area (Å²) in [5.74, 6) is 0.916. The quantitative estimate of drug-likeness (QED) is 0.785. The van der Waals surface area contributed by atoms with Gasteiger partial charge in [0.15, 0.2) is 0 Å². The Labute approximate surface area is 144 Å². The lowest BCUT2D eigenvalue weighted by Crippen LogP contribution is -2.08. The monoisotopic (exact) mass is 351 g/mol. The molecule has 1 aliphatic heterocycles. The van der Waals surface area contributed by atoms with Crippen LogP contribution in [0, 0.1) is 5.82 Å². The molecule has 0 amide bonds. The molecule has 3 aromatic rings. The van der Waals surface area contributed by atoms with Gasteiger partial charge in [-0.05, 0) is 30.1 Å². The highest BCUT2D eigenvalue weighted by Gasteiger charge is 2.25. The first-order chi connectivity index (χ1) is 11.1. The van der Waals surface area contributed by atoms with E-state index in [0.717, 1.165) is 30.6 Å². The van der Waals surface area contributed by atoms with Gasteiger partial charge in [0.25, 0.3) is 5.95 Å². The van der Waals surface area contributed by atoms with E-state index >= 15 is 0 Å². The largest absolute Gasteiger partial charge is 0.337 e. The van der Waals surface area contributed by atoms with Crippen molar-refractivity contribution in [1.82, 2.24) is 25.2 Å². The molecule has 1 saturated heterocycles. The van der Waals surface area contributed by atoms with Crippen LogP contribution in [0.25, 0.3) is 16.9 Å². The Morgan fingerprint density at radius 1 is 1.38 bits per heavy atom. The second kappa shape index (κ2) is 6.49. The van der Waals surface area contributed by atoms with Crippen LogP contribution in [0.15, 0.2) is 22.7 Å². The van der Waals surface area contributed by atoms with Crippen molar-refractivity contribution in [3.05, 3.63) is 35.6 Å². The van der Waals surface area contributed by atoms with Crippen molar-refractivity contribution < 1.29 is 8.91 Å². The Balaban J connectivity index is 0.00000169. The third kappa shape index (κ3) is 2.67. The fraction of sp³-hybridized carbons (Fsp3) is 0.438. The summed E-state index contributed by atoms with van der Waals surface area (Å²) in [6.07, 6.45) is 0.965. The van der Waals surface area contributed by atoms with Crippen LogP contribution >= 0.6 is 12.4 Å². The van der Waals surface area contributed by atoms with E-state index in [9.17, 15) is 4.39 Å².